The van der Waals surface area contributed by atoms with Gasteiger partial charge in [0, 0.05) is 32.1 Å². The van der Waals surface area contributed by atoms with Crippen molar-refractivity contribution in [1.29, 1.82) is 0 Å². The van der Waals surface area contributed by atoms with Crippen LogP contribution in [0.25, 0.3) is 0 Å². The first-order chi connectivity index (χ1) is 8.24. The van der Waals surface area contributed by atoms with Crippen LogP contribution in [-0.4, -0.2) is 48.9 Å². The molecule has 1 saturated heterocycles. The van der Waals surface area contributed by atoms with Crippen molar-refractivity contribution < 1.29 is 9.59 Å². The van der Waals surface area contributed by atoms with Crippen LogP contribution in [0.1, 0.15) is 26.2 Å². The number of rotatable bonds is 3. The second-order valence-electron chi connectivity index (χ2n) is 4.77. The summed E-state index contributed by atoms with van der Waals surface area (Å²) in [6, 6.07) is -0.322. The molecule has 0 bridgehead atoms. The van der Waals surface area contributed by atoms with E-state index >= 15 is 0 Å². The molecular weight excluding hydrogens is 218 g/mol. The Kier molecular flexibility index (Phi) is 3.99. The molecule has 1 atom stereocenters. The maximum atomic E-state index is 12.2. The fourth-order valence-corrected chi connectivity index (χ4v) is 2.38. The quantitative estimate of drug-likeness (QED) is 0.712. The Hall–Kier alpha value is -1.10. The number of piperazine rings is 1. The van der Waals surface area contributed by atoms with Gasteiger partial charge in [-0.05, 0) is 19.8 Å². The molecule has 2 aliphatic rings. The van der Waals surface area contributed by atoms with Crippen LogP contribution in [-0.2, 0) is 9.59 Å². The van der Waals surface area contributed by atoms with Gasteiger partial charge in [0.1, 0.15) is 6.04 Å². The zero-order valence-corrected chi connectivity index (χ0v) is 10.4. The maximum absolute atomic E-state index is 12.2. The molecule has 96 valence electrons. The maximum Gasteiger partial charge on any atom is 0.244 e. The lowest BCUT2D eigenvalue weighted by molar-refractivity contribution is -0.146. The summed E-state index contributed by atoms with van der Waals surface area (Å²) in [5.41, 5.74) is 0. The third-order valence-electron chi connectivity index (χ3n) is 3.63. The first-order valence-corrected chi connectivity index (χ1v) is 6.53. The molecule has 5 nitrogen and oxygen atoms in total. The molecule has 0 radical (unpaired) electrons. The summed E-state index contributed by atoms with van der Waals surface area (Å²) < 4.78 is 0. The third kappa shape index (κ3) is 2.60. The van der Waals surface area contributed by atoms with Crippen molar-refractivity contribution in [2.24, 2.45) is 5.92 Å². The Labute approximate surface area is 102 Å². The van der Waals surface area contributed by atoms with Crippen molar-refractivity contribution in [3.05, 3.63) is 0 Å². The van der Waals surface area contributed by atoms with E-state index < -0.39 is 0 Å². The monoisotopic (exact) mass is 239 g/mol. The molecule has 1 unspecified atom stereocenters. The molecule has 1 aliphatic carbocycles. The zero-order valence-electron chi connectivity index (χ0n) is 10.4. The van der Waals surface area contributed by atoms with E-state index in [2.05, 4.69) is 10.6 Å². The van der Waals surface area contributed by atoms with Crippen molar-refractivity contribution in [2.45, 2.75) is 32.2 Å². The van der Waals surface area contributed by atoms with Crippen LogP contribution in [0.15, 0.2) is 0 Å². The Balaban J connectivity index is 2.00. The van der Waals surface area contributed by atoms with Crippen LogP contribution in [0, 0.1) is 5.92 Å². The summed E-state index contributed by atoms with van der Waals surface area (Å²) in [5.74, 6) is 0.311. The van der Waals surface area contributed by atoms with Crippen molar-refractivity contribution in [1.82, 2.24) is 15.5 Å². The topological polar surface area (TPSA) is 61.4 Å². The van der Waals surface area contributed by atoms with Gasteiger partial charge in [-0.1, -0.05) is 6.42 Å². The minimum atomic E-state index is -0.322. The van der Waals surface area contributed by atoms with E-state index in [0.29, 0.717) is 19.6 Å². The Morgan fingerprint density at radius 3 is 2.76 bits per heavy atom. The van der Waals surface area contributed by atoms with Gasteiger partial charge < -0.3 is 15.5 Å². The van der Waals surface area contributed by atoms with Gasteiger partial charge in [-0.15, -0.1) is 0 Å². The van der Waals surface area contributed by atoms with E-state index in [9.17, 15) is 9.59 Å². The average molecular weight is 239 g/mol. The first kappa shape index (κ1) is 12.4. The third-order valence-corrected chi connectivity index (χ3v) is 3.63. The molecule has 2 amide bonds. The summed E-state index contributed by atoms with van der Waals surface area (Å²) >= 11 is 0. The summed E-state index contributed by atoms with van der Waals surface area (Å²) in [6.45, 7) is 4.52. The summed E-state index contributed by atoms with van der Waals surface area (Å²) in [6.07, 6.45) is 3.13. The Morgan fingerprint density at radius 1 is 1.41 bits per heavy atom. The van der Waals surface area contributed by atoms with Crippen LogP contribution in [0.3, 0.4) is 0 Å². The van der Waals surface area contributed by atoms with Gasteiger partial charge in [-0.2, -0.15) is 0 Å². The molecule has 1 saturated carbocycles. The molecule has 0 aromatic heterocycles. The fraction of sp³-hybridized carbons (Fsp3) is 0.833. The van der Waals surface area contributed by atoms with Gasteiger partial charge in [-0.25, -0.2) is 0 Å². The highest BCUT2D eigenvalue weighted by Crippen LogP contribution is 2.29. The van der Waals surface area contributed by atoms with Crippen LogP contribution >= 0.6 is 0 Å². The first-order valence-electron chi connectivity index (χ1n) is 6.53. The number of hydrogen-bond acceptors (Lipinski definition) is 3. The van der Waals surface area contributed by atoms with Gasteiger partial charge in [0.05, 0.1) is 0 Å². The van der Waals surface area contributed by atoms with Crippen molar-refractivity contribution >= 4 is 11.8 Å². The Bertz CT molecular complexity index is 302. The lowest BCUT2D eigenvalue weighted by Gasteiger charge is -2.39. The van der Waals surface area contributed by atoms with Crippen molar-refractivity contribution in [2.75, 3.05) is 26.2 Å². The number of amides is 2. The number of likely N-dealkylation sites (N-methyl/N-ethyl adjacent to an activating group) is 1. The minimum Gasteiger partial charge on any atom is -0.355 e. The van der Waals surface area contributed by atoms with Gasteiger partial charge >= 0.3 is 0 Å². The van der Waals surface area contributed by atoms with E-state index in [1.807, 2.05) is 6.92 Å². The summed E-state index contributed by atoms with van der Waals surface area (Å²) in [4.78, 5) is 25.9. The number of hydrogen-bond donors (Lipinski definition) is 2. The molecule has 1 aliphatic heterocycles. The fourth-order valence-electron chi connectivity index (χ4n) is 2.38. The van der Waals surface area contributed by atoms with Gasteiger partial charge in [-0.3, -0.25) is 9.59 Å². The predicted molar refractivity (Wildman–Crippen MR) is 64.4 cm³/mol. The SMILES string of the molecule is CCNC(=O)C1CNCCN1C(=O)C1CCC1. The molecule has 1 heterocycles. The van der Waals surface area contributed by atoms with Crippen LogP contribution in [0.4, 0.5) is 0 Å². The molecule has 5 heteroatoms. The second-order valence-corrected chi connectivity index (χ2v) is 4.77. The van der Waals surface area contributed by atoms with Gasteiger partial charge in [0.25, 0.3) is 0 Å². The lowest BCUT2D eigenvalue weighted by Crippen LogP contribution is -2.61. The molecule has 17 heavy (non-hydrogen) atoms. The highest BCUT2D eigenvalue weighted by molar-refractivity contribution is 5.89. The van der Waals surface area contributed by atoms with E-state index in [4.69, 9.17) is 0 Å². The predicted octanol–water partition coefficient (Wildman–Crippen LogP) is -0.277. The molecule has 2 rings (SSSR count). The molecule has 0 aromatic carbocycles. The average Bonchev–Trinajstić information content (AvgIpc) is 2.27. The summed E-state index contributed by atoms with van der Waals surface area (Å²) in [5, 5.41) is 5.98. The number of nitrogens with zero attached hydrogens (tertiary/aromatic N) is 1. The minimum absolute atomic E-state index is 0.0348. The van der Waals surface area contributed by atoms with Crippen molar-refractivity contribution in [3.63, 3.8) is 0 Å². The highest BCUT2D eigenvalue weighted by Gasteiger charge is 2.36. The molecule has 0 aromatic rings. The molecule has 2 fully saturated rings. The molecule has 2 N–H and O–H groups in total. The lowest BCUT2D eigenvalue weighted by atomic mass is 9.84. The second kappa shape index (κ2) is 5.49. The number of nitrogens with one attached hydrogen (secondary N) is 2. The van der Waals surface area contributed by atoms with Crippen LogP contribution in [0.2, 0.25) is 0 Å². The highest BCUT2D eigenvalue weighted by atomic mass is 16.2. The molecule has 0 spiro atoms. The van der Waals surface area contributed by atoms with Crippen LogP contribution < -0.4 is 10.6 Å². The standard InChI is InChI=1S/C12H21N3O2/c1-2-14-11(16)10-8-13-6-7-15(10)12(17)9-4-3-5-9/h9-10,13H,2-8H2,1H3,(H,14,16). The van der Waals surface area contributed by atoms with E-state index in [-0.39, 0.29) is 23.8 Å². The van der Waals surface area contributed by atoms with E-state index in [0.717, 1.165) is 25.8 Å². The largest absolute Gasteiger partial charge is 0.355 e. The number of carbonyl (C=O) groups is 2. The Morgan fingerprint density at radius 2 is 2.18 bits per heavy atom. The van der Waals surface area contributed by atoms with Crippen LogP contribution in [0.5, 0.6) is 0 Å². The van der Waals surface area contributed by atoms with Crippen molar-refractivity contribution in [3.8, 4) is 0 Å². The van der Waals surface area contributed by atoms with Gasteiger partial charge in [0.2, 0.25) is 11.8 Å². The van der Waals surface area contributed by atoms with E-state index in [1.165, 1.54) is 0 Å². The zero-order chi connectivity index (χ0) is 12.3. The molecular formula is C12H21N3O2. The van der Waals surface area contributed by atoms with Gasteiger partial charge in [0.15, 0.2) is 0 Å². The normalized spacial score (nSPS) is 25.2. The van der Waals surface area contributed by atoms with E-state index in [1.54, 1.807) is 4.90 Å². The summed E-state index contributed by atoms with van der Waals surface area (Å²) in [7, 11) is 0. The smallest absolute Gasteiger partial charge is 0.244 e. The number of carbonyl (C=O) groups excluding carboxylic acids is 2.